The van der Waals surface area contributed by atoms with Crippen LogP contribution in [-0.4, -0.2) is 31.8 Å². The summed E-state index contributed by atoms with van der Waals surface area (Å²) in [5.74, 6) is -1.42. The Balaban J connectivity index is 1.64. The van der Waals surface area contributed by atoms with Crippen molar-refractivity contribution in [3.63, 3.8) is 0 Å². The number of aryl methyl sites for hydroxylation is 1. The van der Waals surface area contributed by atoms with Crippen molar-refractivity contribution >= 4 is 33.4 Å². The first kappa shape index (κ1) is 19.0. The van der Waals surface area contributed by atoms with E-state index >= 15 is 0 Å². The molecule has 30 heavy (non-hydrogen) atoms. The number of amides is 2. The average Bonchev–Trinajstić information content (AvgIpc) is 2.78. The zero-order valence-corrected chi connectivity index (χ0v) is 15.8. The van der Waals surface area contributed by atoms with Crippen LogP contribution in [0.3, 0.4) is 0 Å². The lowest BCUT2D eigenvalue weighted by Crippen LogP contribution is -2.43. The zero-order valence-electron chi connectivity index (χ0n) is 15.8. The van der Waals surface area contributed by atoms with Crippen LogP contribution in [0.4, 0.5) is 0 Å². The fraction of sp³-hybridized carbons (Fsp3) is 0.100. The fourth-order valence-electron chi connectivity index (χ4n) is 3.14. The largest absolute Gasteiger partial charge is 0.290 e. The van der Waals surface area contributed by atoms with E-state index in [-0.39, 0.29) is 23.5 Å². The summed E-state index contributed by atoms with van der Waals surface area (Å²) in [5.41, 5.74) is 3.77. The molecule has 2 aromatic heterocycles. The van der Waals surface area contributed by atoms with Crippen LogP contribution >= 0.6 is 0 Å². The van der Waals surface area contributed by atoms with Gasteiger partial charge in [-0.25, -0.2) is 9.78 Å². The normalized spacial score (nSPS) is 10.8. The quantitative estimate of drug-likeness (QED) is 0.430. The van der Waals surface area contributed by atoms with Crippen molar-refractivity contribution in [1.82, 2.24) is 30.8 Å². The van der Waals surface area contributed by atoms with E-state index in [1.54, 1.807) is 55.5 Å². The summed E-state index contributed by atoms with van der Waals surface area (Å²) in [6.45, 7) is 2.02. The first-order valence-corrected chi connectivity index (χ1v) is 9.09. The van der Waals surface area contributed by atoms with E-state index in [9.17, 15) is 19.2 Å². The lowest BCUT2D eigenvalue weighted by molar-refractivity contribution is 0.0841. The van der Waals surface area contributed by atoms with Crippen LogP contribution in [0.2, 0.25) is 0 Å². The van der Waals surface area contributed by atoms with Crippen LogP contribution in [0.1, 0.15) is 27.9 Å². The molecule has 10 heteroatoms. The van der Waals surface area contributed by atoms with Crippen LogP contribution in [0, 0.1) is 0 Å². The molecule has 0 saturated carbocycles. The summed E-state index contributed by atoms with van der Waals surface area (Å²) in [6, 6.07) is 13.1. The van der Waals surface area contributed by atoms with E-state index < -0.39 is 17.4 Å². The molecular weight excluding hydrogens is 388 g/mol. The molecule has 2 aromatic carbocycles. The topological polar surface area (TPSA) is 139 Å². The van der Waals surface area contributed by atoms with Gasteiger partial charge in [0.1, 0.15) is 0 Å². The molecule has 0 radical (unpaired) electrons. The van der Waals surface area contributed by atoms with Crippen LogP contribution in [0.25, 0.3) is 21.5 Å². The van der Waals surface area contributed by atoms with Crippen LogP contribution in [-0.2, 0) is 6.54 Å². The lowest BCUT2D eigenvalue weighted by Gasteiger charge is -2.11. The van der Waals surface area contributed by atoms with Gasteiger partial charge in [-0.1, -0.05) is 36.4 Å². The van der Waals surface area contributed by atoms with Gasteiger partial charge in [-0.3, -0.25) is 30.0 Å². The number of hydrogen-bond acceptors (Lipinski definition) is 6. The van der Waals surface area contributed by atoms with Crippen molar-refractivity contribution in [3.8, 4) is 0 Å². The second-order valence-corrected chi connectivity index (χ2v) is 6.37. The fourth-order valence-corrected chi connectivity index (χ4v) is 3.14. The molecule has 0 aliphatic rings. The SMILES string of the molecule is CCn1nc(C(=O)NNC(=O)c2n[nH]c(=O)c3ccccc23)c2ccccc2c1=O. The molecule has 0 spiro atoms. The second-order valence-electron chi connectivity index (χ2n) is 6.37. The Bertz CT molecular complexity index is 1420. The molecule has 10 nitrogen and oxygen atoms in total. The van der Waals surface area contributed by atoms with Crippen molar-refractivity contribution in [2.75, 3.05) is 0 Å². The van der Waals surface area contributed by atoms with Gasteiger partial charge in [-0.2, -0.15) is 10.2 Å². The summed E-state index contributed by atoms with van der Waals surface area (Å²) in [4.78, 5) is 49.5. The number of aromatic nitrogens is 4. The molecule has 4 aromatic rings. The Morgan fingerprint density at radius 3 is 2.03 bits per heavy atom. The summed E-state index contributed by atoms with van der Waals surface area (Å²) < 4.78 is 1.18. The van der Waals surface area contributed by atoms with Gasteiger partial charge < -0.3 is 0 Å². The molecule has 2 heterocycles. The minimum Gasteiger partial charge on any atom is -0.267 e. The van der Waals surface area contributed by atoms with Crippen molar-refractivity contribution in [2.24, 2.45) is 0 Å². The molecule has 3 N–H and O–H groups in total. The lowest BCUT2D eigenvalue weighted by atomic mass is 10.1. The first-order chi connectivity index (χ1) is 14.5. The third-order valence-corrected chi connectivity index (χ3v) is 4.58. The maximum Gasteiger partial charge on any atom is 0.290 e. The Morgan fingerprint density at radius 2 is 1.40 bits per heavy atom. The van der Waals surface area contributed by atoms with Gasteiger partial charge in [0, 0.05) is 17.3 Å². The molecule has 0 aliphatic carbocycles. The molecule has 0 atom stereocenters. The maximum absolute atomic E-state index is 12.7. The second kappa shape index (κ2) is 7.59. The summed E-state index contributed by atoms with van der Waals surface area (Å²) in [5, 5.41) is 11.5. The highest BCUT2D eigenvalue weighted by Crippen LogP contribution is 2.14. The molecular formula is C20H16N6O4. The van der Waals surface area contributed by atoms with E-state index in [1.807, 2.05) is 0 Å². The summed E-state index contributed by atoms with van der Waals surface area (Å²) >= 11 is 0. The van der Waals surface area contributed by atoms with E-state index in [4.69, 9.17) is 0 Å². The molecule has 150 valence electrons. The smallest absolute Gasteiger partial charge is 0.267 e. The van der Waals surface area contributed by atoms with Crippen molar-refractivity contribution in [2.45, 2.75) is 13.5 Å². The molecule has 0 saturated heterocycles. The van der Waals surface area contributed by atoms with E-state index in [0.717, 1.165) is 0 Å². The number of nitrogens with one attached hydrogen (secondary N) is 3. The van der Waals surface area contributed by atoms with Crippen LogP contribution < -0.4 is 22.0 Å². The predicted octanol–water partition coefficient (Wildman–Crippen LogP) is 0.728. The number of hydrogen-bond donors (Lipinski definition) is 3. The molecule has 0 unspecified atom stereocenters. The number of carbonyl (C=O) groups excluding carboxylic acids is 2. The van der Waals surface area contributed by atoms with Gasteiger partial charge in [0.2, 0.25) is 0 Å². The van der Waals surface area contributed by atoms with Gasteiger partial charge in [-0.05, 0) is 19.1 Å². The number of H-pyrrole nitrogens is 1. The monoisotopic (exact) mass is 404 g/mol. The average molecular weight is 404 g/mol. The van der Waals surface area contributed by atoms with E-state index in [1.165, 1.54) is 4.68 Å². The van der Waals surface area contributed by atoms with Gasteiger partial charge in [0.05, 0.1) is 10.8 Å². The minimum absolute atomic E-state index is 0.00774. The highest BCUT2D eigenvalue weighted by Gasteiger charge is 2.19. The third kappa shape index (κ3) is 3.20. The zero-order chi connectivity index (χ0) is 21.3. The van der Waals surface area contributed by atoms with Gasteiger partial charge in [0.15, 0.2) is 11.4 Å². The number of hydrazine groups is 1. The summed E-state index contributed by atoms with van der Waals surface area (Å²) in [7, 11) is 0. The Morgan fingerprint density at radius 1 is 0.867 bits per heavy atom. The van der Waals surface area contributed by atoms with Crippen molar-refractivity contribution in [1.29, 1.82) is 0 Å². The number of aromatic amines is 1. The Hall–Kier alpha value is -4.34. The van der Waals surface area contributed by atoms with E-state index in [2.05, 4.69) is 26.1 Å². The summed E-state index contributed by atoms with van der Waals surface area (Å²) in [6.07, 6.45) is 0. The molecule has 4 rings (SSSR count). The van der Waals surface area contributed by atoms with Crippen molar-refractivity contribution in [3.05, 3.63) is 80.6 Å². The Kier molecular flexibility index (Phi) is 4.80. The third-order valence-electron chi connectivity index (χ3n) is 4.58. The van der Waals surface area contributed by atoms with Gasteiger partial charge in [-0.15, -0.1) is 0 Å². The minimum atomic E-state index is -0.719. The number of benzene rings is 2. The molecule has 2 amide bonds. The highest BCUT2D eigenvalue weighted by molar-refractivity contribution is 6.08. The van der Waals surface area contributed by atoms with Crippen LogP contribution in [0.15, 0.2) is 58.1 Å². The first-order valence-electron chi connectivity index (χ1n) is 9.09. The number of rotatable bonds is 3. The van der Waals surface area contributed by atoms with Gasteiger partial charge >= 0.3 is 0 Å². The molecule has 0 bridgehead atoms. The Labute approximate surface area is 168 Å². The standard InChI is InChI=1S/C20H16N6O4/c1-2-26-20(30)14-10-6-4-8-12(14)16(25-26)19(29)24-23-18(28)15-11-7-3-5-9-13(11)17(27)22-21-15/h3-10H,2H2,1H3,(H,22,27)(H,23,28)(H,24,29). The van der Waals surface area contributed by atoms with Crippen LogP contribution in [0.5, 0.6) is 0 Å². The number of fused-ring (bicyclic) bond motifs is 2. The van der Waals surface area contributed by atoms with Gasteiger partial charge in [0.25, 0.3) is 22.9 Å². The maximum atomic E-state index is 12.7. The number of carbonyl (C=O) groups is 2. The number of nitrogens with zero attached hydrogens (tertiary/aromatic N) is 3. The predicted molar refractivity (Wildman–Crippen MR) is 109 cm³/mol. The molecule has 0 fully saturated rings. The highest BCUT2D eigenvalue weighted by atomic mass is 16.2. The van der Waals surface area contributed by atoms with Crippen molar-refractivity contribution < 1.29 is 9.59 Å². The molecule has 0 aliphatic heterocycles. The van der Waals surface area contributed by atoms with E-state index in [0.29, 0.717) is 21.5 Å².